The molecule has 0 radical (unpaired) electrons. The van der Waals surface area contributed by atoms with Crippen LogP contribution >= 0.6 is 11.3 Å². The molecule has 0 saturated carbocycles. The molecule has 0 unspecified atom stereocenters. The fraction of sp³-hybridized carbons (Fsp3) is 0.143. The van der Waals surface area contributed by atoms with Crippen molar-refractivity contribution in [1.29, 1.82) is 0 Å². The largest absolute Gasteiger partial charge is 0.504 e. The van der Waals surface area contributed by atoms with Gasteiger partial charge in [0, 0.05) is 10.3 Å². The van der Waals surface area contributed by atoms with E-state index in [9.17, 15) is 4.39 Å². The zero-order valence-electron chi connectivity index (χ0n) is 5.50. The van der Waals surface area contributed by atoms with Crippen molar-refractivity contribution in [3.63, 3.8) is 0 Å². The van der Waals surface area contributed by atoms with Gasteiger partial charge in [-0.25, -0.2) is 4.39 Å². The Morgan fingerprint density at radius 3 is 3.00 bits per heavy atom. The molecular formula is C7H7FOS. The minimum Gasteiger partial charge on any atom is -0.504 e. The van der Waals surface area contributed by atoms with E-state index in [1.807, 2.05) is 0 Å². The lowest BCUT2D eigenvalue weighted by Gasteiger charge is -1.83. The lowest BCUT2D eigenvalue weighted by molar-refractivity contribution is 0.341. The van der Waals surface area contributed by atoms with E-state index in [1.165, 1.54) is 29.0 Å². The summed E-state index contributed by atoms with van der Waals surface area (Å²) in [4.78, 5) is 0.861. The average Bonchev–Trinajstić information content (AvgIpc) is 2.31. The van der Waals surface area contributed by atoms with Crippen LogP contribution in [0.3, 0.4) is 0 Å². The van der Waals surface area contributed by atoms with Gasteiger partial charge < -0.3 is 4.74 Å². The molecule has 10 heavy (non-hydrogen) atoms. The quantitative estimate of drug-likeness (QED) is 0.601. The number of rotatable bonds is 2. The van der Waals surface area contributed by atoms with Crippen molar-refractivity contribution >= 4 is 17.4 Å². The van der Waals surface area contributed by atoms with Crippen LogP contribution in [0.4, 0.5) is 4.39 Å². The number of hydrogen-bond donors (Lipinski definition) is 0. The predicted octanol–water partition coefficient (Wildman–Crippen LogP) is 2.50. The van der Waals surface area contributed by atoms with Gasteiger partial charge in [0.15, 0.2) is 0 Å². The van der Waals surface area contributed by atoms with Crippen LogP contribution in [0.15, 0.2) is 17.7 Å². The first-order valence-corrected chi connectivity index (χ1v) is 3.64. The molecule has 0 saturated heterocycles. The average molecular weight is 158 g/mol. The van der Waals surface area contributed by atoms with Gasteiger partial charge in [-0.2, -0.15) is 0 Å². The third kappa shape index (κ3) is 1.84. The van der Waals surface area contributed by atoms with Crippen LogP contribution in [0, 0.1) is 5.82 Å². The Labute approximate surface area is 62.8 Å². The van der Waals surface area contributed by atoms with Gasteiger partial charge in [-0.15, -0.1) is 11.3 Å². The van der Waals surface area contributed by atoms with Gasteiger partial charge in [0.2, 0.25) is 0 Å². The first kappa shape index (κ1) is 7.28. The number of methoxy groups -OCH3 is 1. The second-order valence-corrected chi connectivity index (χ2v) is 2.65. The molecule has 0 aliphatic rings. The van der Waals surface area contributed by atoms with Crippen molar-refractivity contribution in [2.75, 3.05) is 7.11 Å². The van der Waals surface area contributed by atoms with E-state index in [1.54, 1.807) is 13.2 Å². The summed E-state index contributed by atoms with van der Waals surface area (Å²) in [5.41, 5.74) is 0. The van der Waals surface area contributed by atoms with Gasteiger partial charge in [0.05, 0.1) is 13.4 Å². The van der Waals surface area contributed by atoms with E-state index in [0.29, 0.717) is 0 Å². The molecular weight excluding hydrogens is 151 g/mol. The van der Waals surface area contributed by atoms with E-state index in [0.717, 1.165) is 4.88 Å². The molecule has 0 spiro atoms. The third-order valence-electron chi connectivity index (χ3n) is 0.956. The number of hydrogen-bond acceptors (Lipinski definition) is 2. The summed E-state index contributed by atoms with van der Waals surface area (Å²) in [6, 6.07) is 1.46. The zero-order valence-corrected chi connectivity index (χ0v) is 6.32. The Morgan fingerprint density at radius 1 is 1.70 bits per heavy atom. The lowest BCUT2D eigenvalue weighted by Crippen LogP contribution is -1.63. The maximum atomic E-state index is 12.3. The highest BCUT2D eigenvalue weighted by molar-refractivity contribution is 7.10. The predicted molar refractivity (Wildman–Crippen MR) is 40.3 cm³/mol. The van der Waals surface area contributed by atoms with Crippen molar-refractivity contribution < 1.29 is 9.13 Å². The molecule has 0 atom stereocenters. The van der Waals surface area contributed by atoms with E-state index >= 15 is 0 Å². The van der Waals surface area contributed by atoms with E-state index in [-0.39, 0.29) is 5.82 Å². The Balaban J connectivity index is 2.67. The molecule has 0 aromatic carbocycles. The fourth-order valence-corrected chi connectivity index (χ4v) is 1.18. The highest BCUT2D eigenvalue weighted by Crippen LogP contribution is 2.14. The summed E-state index contributed by atoms with van der Waals surface area (Å²) in [5, 5.41) is 1.45. The van der Waals surface area contributed by atoms with Crippen molar-refractivity contribution in [3.05, 3.63) is 28.4 Å². The van der Waals surface area contributed by atoms with Crippen LogP contribution < -0.4 is 0 Å². The Morgan fingerprint density at radius 2 is 2.50 bits per heavy atom. The number of ether oxygens (including phenoxy) is 1. The molecule has 0 aliphatic heterocycles. The summed E-state index contributed by atoms with van der Waals surface area (Å²) >= 11 is 1.35. The molecule has 1 heterocycles. The summed E-state index contributed by atoms with van der Waals surface area (Å²) < 4.78 is 16.9. The van der Waals surface area contributed by atoms with Crippen LogP contribution in [-0.2, 0) is 4.74 Å². The summed E-state index contributed by atoms with van der Waals surface area (Å²) in [6.07, 6.45) is 3.24. The Bertz CT molecular complexity index is 229. The van der Waals surface area contributed by atoms with Gasteiger partial charge >= 0.3 is 0 Å². The monoisotopic (exact) mass is 158 g/mol. The molecule has 0 bridgehead atoms. The highest BCUT2D eigenvalue weighted by Gasteiger charge is 1.92. The first-order valence-electron chi connectivity index (χ1n) is 2.76. The van der Waals surface area contributed by atoms with Crippen LogP contribution in [0.5, 0.6) is 0 Å². The van der Waals surface area contributed by atoms with Crippen LogP contribution in [0.2, 0.25) is 0 Å². The molecule has 1 aromatic heterocycles. The first-order chi connectivity index (χ1) is 4.83. The van der Waals surface area contributed by atoms with Crippen molar-refractivity contribution in [1.82, 2.24) is 0 Å². The van der Waals surface area contributed by atoms with Crippen molar-refractivity contribution in [3.8, 4) is 0 Å². The maximum absolute atomic E-state index is 12.3. The summed E-state index contributed by atoms with van der Waals surface area (Å²) in [7, 11) is 1.56. The highest BCUT2D eigenvalue weighted by atomic mass is 32.1. The zero-order chi connectivity index (χ0) is 7.40. The minimum absolute atomic E-state index is 0.194. The van der Waals surface area contributed by atoms with Crippen LogP contribution in [0.25, 0.3) is 6.08 Å². The standard InChI is InChI=1S/C7H7FOS/c1-9-3-2-7-4-6(8)5-10-7/h2-5H,1H3/b3-2+. The molecule has 0 fully saturated rings. The SMILES string of the molecule is CO/C=C/c1cc(F)cs1. The molecule has 0 N–H and O–H groups in total. The maximum Gasteiger partial charge on any atom is 0.134 e. The normalized spacial score (nSPS) is 10.6. The molecule has 1 nitrogen and oxygen atoms in total. The third-order valence-corrected chi connectivity index (χ3v) is 1.83. The van der Waals surface area contributed by atoms with E-state index in [2.05, 4.69) is 4.74 Å². The number of halogens is 1. The second kappa shape index (κ2) is 3.37. The van der Waals surface area contributed by atoms with Crippen LogP contribution in [0.1, 0.15) is 4.88 Å². The van der Waals surface area contributed by atoms with Gasteiger partial charge in [-0.05, 0) is 12.1 Å². The van der Waals surface area contributed by atoms with Gasteiger partial charge in [-0.3, -0.25) is 0 Å². The van der Waals surface area contributed by atoms with Crippen LogP contribution in [-0.4, -0.2) is 7.11 Å². The van der Waals surface area contributed by atoms with E-state index < -0.39 is 0 Å². The Kier molecular flexibility index (Phi) is 2.45. The minimum atomic E-state index is -0.194. The molecule has 3 heteroatoms. The van der Waals surface area contributed by atoms with Crippen molar-refractivity contribution in [2.45, 2.75) is 0 Å². The topological polar surface area (TPSA) is 9.23 Å². The molecule has 54 valence electrons. The molecule has 1 rings (SSSR count). The lowest BCUT2D eigenvalue weighted by atomic mass is 10.4. The fourth-order valence-electron chi connectivity index (χ4n) is 0.551. The summed E-state index contributed by atoms with van der Waals surface area (Å²) in [6.45, 7) is 0. The molecule has 0 aliphatic carbocycles. The second-order valence-electron chi connectivity index (χ2n) is 1.71. The summed E-state index contributed by atoms with van der Waals surface area (Å²) in [5.74, 6) is -0.194. The number of thiophene rings is 1. The van der Waals surface area contributed by atoms with Gasteiger partial charge in [0.25, 0.3) is 0 Å². The smallest absolute Gasteiger partial charge is 0.134 e. The Hall–Kier alpha value is -0.830. The van der Waals surface area contributed by atoms with Gasteiger partial charge in [0.1, 0.15) is 5.82 Å². The molecule has 0 amide bonds. The van der Waals surface area contributed by atoms with E-state index in [4.69, 9.17) is 0 Å². The van der Waals surface area contributed by atoms with Gasteiger partial charge in [-0.1, -0.05) is 0 Å². The van der Waals surface area contributed by atoms with Crippen molar-refractivity contribution in [2.24, 2.45) is 0 Å². The molecule has 1 aromatic rings.